The molecule has 0 aliphatic carbocycles. The highest BCUT2D eigenvalue weighted by Gasteiger charge is 2.10. The maximum absolute atomic E-state index is 6.01. The standard InChI is InChI=1S/C13H17NO/c1-3-4-11(14)13-8-10-6-5-9(2)7-12(10)15-13/h5-8,11H,3-4,14H2,1-2H3/t11-/m1/s1. The lowest BCUT2D eigenvalue weighted by Gasteiger charge is -2.04. The van der Waals surface area contributed by atoms with Crippen LogP contribution < -0.4 is 5.73 Å². The molecule has 1 aromatic heterocycles. The van der Waals surface area contributed by atoms with E-state index in [1.807, 2.05) is 0 Å². The van der Waals surface area contributed by atoms with E-state index in [0.29, 0.717) is 0 Å². The summed E-state index contributed by atoms with van der Waals surface area (Å²) in [6.07, 6.45) is 2.05. The SMILES string of the molecule is CCC[C@@H](N)c1cc2ccc(C)cc2o1. The molecule has 2 N–H and O–H groups in total. The van der Waals surface area contributed by atoms with Crippen LogP contribution in [0.2, 0.25) is 0 Å². The summed E-state index contributed by atoms with van der Waals surface area (Å²) in [5.74, 6) is 0.900. The number of hydrogen-bond acceptors (Lipinski definition) is 2. The molecule has 1 heterocycles. The van der Waals surface area contributed by atoms with E-state index in [-0.39, 0.29) is 6.04 Å². The van der Waals surface area contributed by atoms with Gasteiger partial charge in [-0.1, -0.05) is 25.5 Å². The lowest BCUT2D eigenvalue weighted by Crippen LogP contribution is -2.08. The van der Waals surface area contributed by atoms with Gasteiger partial charge in [0.2, 0.25) is 0 Å². The molecule has 1 atom stereocenters. The van der Waals surface area contributed by atoms with Crippen molar-refractivity contribution in [3.63, 3.8) is 0 Å². The highest BCUT2D eigenvalue weighted by Crippen LogP contribution is 2.25. The fraction of sp³-hybridized carbons (Fsp3) is 0.385. The second-order valence-corrected chi connectivity index (χ2v) is 4.09. The smallest absolute Gasteiger partial charge is 0.134 e. The highest BCUT2D eigenvalue weighted by atomic mass is 16.3. The first-order valence-corrected chi connectivity index (χ1v) is 5.46. The maximum Gasteiger partial charge on any atom is 0.134 e. The van der Waals surface area contributed by atoms with Crippen LogP contribution in [0.5, 0.6) is 0 Å². The third-order valence-electron chi connectivity index (χ3n) is 2.66. The van der Waals surface area contributed by atoms with Gasteiger partial charge < -0.3 is 10.2 Å². The van der Waals surface area contributed by atoms with Gasteiger partial charge in [0.15, 0.2) is 0 Å². The molecule has 1 aromatic carbocycles. The van der Waals surface area contributed by atoms with Gasteiger partial charge in [-0.15, -0.1) is 0 Å². The predicted octanol–water partition coefficient (Wildman–Crippen LogP) is 3.54. The van der Waals surface area contributed by atoms with Crippen LogP contribution in [0.3, 0.4) is 0 Å². The average Bonchev–Trinajstić information content (AvgIpc) is 2.60. The molecule has 0 aliphatic heterocycles. The molecule has 80 valence electrons. The first kappa shape index (κ1) is 10.2. The molecular formula is C13H17NO. The molecule has 0 fully saturated rings. The Balaban J connectivity index is 2.38. The van der Waals surface area contributed by atoms with Crippen molar-refractivity contribution in [1.82, 2.24) is 0 Å². The Morgan fingerprint density at radius 2 is 2.13 bits per heavy atom. The molecule has 0 amide bonds. The van der Waals surface area contributed by atoms with Crippen LogP contribution in [-0.2, 0) is 0 Å². The molecule has 0 radical (unpaired) electrons. The Bertz CT molecular complexity index is 459. The van der Waals surface area contributed by atoms with Crippen molar-refractivity contribution < 1.29 is 4.42 Å². The van der Waals surface area contributed by atoms with Crippen LogP contribution in [-0.4, -0.2) is 0 Å². The molecule has 2 aromatic rings. The van der Waals surface area contributed by atoms with Crippen molar-refractivity contribution in [3.8, 4) is 0 Å². The van der Waals surface area contributed by atoms with Crippen molar-refractivity contribution in [3.05, 3.63) is 35.6 Å². The van der Waals surface area contributed by atoms with Crippen LogP contribution in [0.15, 0.2) is 28.7 Å². The third kappa shape index (κ3) is 2.05. The summed E-state index contributed by atoms with van der Waals surface area (Å²) in [4.78, 5) is 0. The summed E-state index contributed by atoms with van der Waals surface area (Å²) in [6, 6.07) is 8.30. The number of rotatable bonds is 3. The molecular weight excluding hydrogens is 186 g/mol. The van der Waals surface area contributed by atoms with Crippen LogP contribution in [0.1, 0.15) is 37.1 Å². The Hall–Kier alpha value is -1.28. The minimum absolute atomic E-state index is 0.0303. The lowest BCUT2D eigenvalue weighted by atomic mass is 10.1. The van der Waals surface area contributed by atoms with E-state index in [2.05, 4.69) is 38.1 Å². The summed E-state index contributed by atoms with van der Waals surface area (Å²) in [5, 5.41) is 1.14. The summed E-state index contributed by atoms with van der Waals surface area (Å²) in [7, 11) is 0. The second-order valence-electron chi connectivity index (χ2n) is 4.09. The van der Waals surface area contributed by atoms with Crippen molar-refractivity contribution in [2.45, 2.75) is 32.7 Å². The van der Waals surface area contributed by atoms with Crippen molar-refractivity contribution in [2.75, 3.05) is 0 Å². The molecule has 0 aliphatic rings. The Labute approximate surface area is 90.1 Å². The Morgan fingerprint density at radius 1 is 1.33 bits per heavy atom. The Kier molecular flexibility index (Phi) is 2.78. The van der Waals surface area contributed by atoms with E-state index in [4.69, 9.17) is 10.2 Å². The second kappa shape index (κ2) is 4.07. The largest absolute Gasteiger partial charge is 0.459 e. The zero-order chi connectivity index (χ0) is 10.8. The predicted molar refractivity (Wildman–Crippen MR) is 62.8 cm³/mol. The van der Waals surface area contributed by atoms with Crippen molar-refractivity contribution >= 4 is 11.0 Å². The van der Waals surface area contributed by atoms with Gasteiger partial charge in [0.25, 0.3) is 0 Å². The van der Waals surface area contributed by atoms with E-state index in [1.54, 1.807) is 0 Å². The summed E-state index contributed by atoms with van der Waals surface area (Å²) in [5.41, 5.74) is 8.17. The van der Waals surface area contributed by atoms with Gasteiger partial charge >= 0.3 is 0 Å². The number of aryl methyl sites for hydroxylation is 1. The first-order chi connectivity index (χ1) is 7.20. The Morgan fingerprint density at radius 3 is 2.87 bits per heavy atom. The molecule has 2 heteroatoms. The van der Waals surface area contributed by atoms with E-state index in [1.165, 1.54) is 5.56 Å². The maximum atomic E-state index is 6.01. The zero-order valence-electron chi connectivity index (χ0n) is 9.29. The first-order valence-electron chi connectivity index (χ1n) is 5.46. The van der Waals surface area contributed by atoms with Crippen LogP contribution >= 0.6 is 0 Å². The third-order valence-corrected chi connectivity index (χ3v) is 2.66. The van der Waals surface area contributed by atoms with Crippen molar-refractivity contribution in [1.29, 1.82) is 0 Å². The fourth-order valence-corrected chi connectivity index (χ4v) is 1.79. The number of hydrogen-bond donors (Lipinski definition) is 1. The van der Waals surface area contributed by atoms with E-state index >= 15 is 0 Å². The molecule has 0 bridgehead atoms. The van der Waals surface area contributed by atoms with E-state index < -0.39 is 0 Å². The molecule has 2 nitrogen and oxygen atoms in total. The van der Waals surface area contributed by atoms with E-state index in [9.17, 15) is 0 Å². The number of benzene rings is 1. The topological polar surface area (TPSA) is 39.2 Å². The van der Waals surface area contributed by atoms with Gasteiger partial charge in [-0.25, -0.2) is 0 Å². The zero-order valence-corrected chi connectivity index (χ0v) is 9.29. The molecule has 0 saturated carbocycles. The lowest BCUT2D eigenvalue weighted by molar-refractivity contribution is 0.475. The van der Waals surface area contributed by atoms with Gasteiger partial charge in [-0.2, -0.15) is 0 Å². The summed E-state index contributed by atoms with van der Waals surface area (Å²) >= 11 is 0. The van der Waals surface area contributed by atoms with E-state index in [0.717, 1.165) is 29.6 Å². The van der Waals surface area contributed by atoms with Crippen molar-refractivity contribution in [2.24, 2.45) is 5.73 Å². The summed E-state index contributed by atoms with van der Waals surface area (Å²) < 4.78 is 5.74. The monoisotopic (exact) mass is 203 g/mol. The fourth-order valence-electron chi connectivity index (χ4n) is 1.79. The van der Waals surface area contributed by atoms with Crippen LogP contribution in [0.4, 0.5) is 0 Å². The number of furan rings is 1. The molecule has 0 saturated heterocycles. The molecule has 0 unspecified atom stereocenters. The quantitative estimate of drug-likeness (QED) is 0.828. The number of nitrogens with two attached hydrogens (primary N) is 1. The summed E-state index contributed by atoms with van der Waals surface area (Å²) in [6.45, 7) is 4.19. The number of fused-ring (bicyclic) bond motifs is 1. The van der Waals surface area contributed by atoms with Gasteiger partial charge in [-0.3, -0.25) is 0 Å². The van der Waals surface area contributed by atoms with Gasteiger partial charge in [0.1, 0.15) is 11.3 Å². The molecule has 15 heavy (non-hydrogen) atoms. The molecule has 0 spiro atoms. The van der Waals surface area contributed by atoms with Gasteiger partial charge in [0.05, 0.1) is 6.04 Å². The molecule has 2 rings (SSSR count). The normalized spacial score (nSPS) is 13.3. The van der Waals surface area contributed by atoms with Gasteiger partial charge in [0, 0.05) is 5.39 Å². The highest BCUT2D eigenvalue weighted by molar-refractivity contribution is 5.78. The van der Waals surface area contributed by atoms with Crippen LogP contribution in [0, 0.1) is 6.92 Å². The van der Waals surface area contributed by atoms with Gasteiger partial charge in [-0.05, 0) is 31.0 Å². The average molecular weight is 203 g/mol. The van der Waals surface area contributed by atoms with Crippen LogP contribution in [0.25, 0.3) is 11.0 Å². The minimum atomic E-state index is 0.0303. The minimum Gasteiger partial charge on any atom is -0.459 e.